The molecule has 2 aromatic rings. The molecule has 3 rings (SSSR count). The van der Waals surface area contributed by atoms with Crippen molar-refractivity contribution in [3.8, 4) is 10.7 Å². The lowest BCUT2D eigenvalue weighted by molar-refractivity contribution is 0.334. The Labute approximate surface area is 111 Å². The van der Waals surface area contributed by atoms with Crippen molar-refractivity contribution >= 4 is 11.3 Å². The summed E-state index contributed by atoms with van der Waals surface area (Å²) in [7, 11) is 0. The number of piperidine rings is 1. The van der Waals surface area contributed by atoms with Gasteiger partial charge in [0.2, 0.25) is 0 Å². The van der Waals surface area contributed by atoms with Gasteiger partial charge in [-0.3, -0.25) is 0 Å². The van der Waals surface area contributed by atoms with Crippen molar-refractivity contribution in [2.45, 2.75) is 25.2 Å². The lowest BCUT2D eigenvalue weighted by Crippen LogP contribution is -2.37. The van der Waals surface area contributed by atoms with Crippen molar-refractivity contribution < 1.29 is 0 Å². The molecule has 0 amide bonds. The third-order valence-electron chi connectivity index (χ3n) is 3.52. The topological polar surface area (TPSA) is 50.7 Å². The number of aromatic nitrogens is 3. The molecule has 0 atom stereocenters. The Morgan fingerprint density at radius 3 is 2.61 bits per heavy atom. The highest BCUT2D eigenvalue weighted by atomic mass is 32.1. The van der Waals surface area contributed by atoms with Crippen molar-refractivity contribution in [3.63, 3.8) is 0 Å². The van der Waals surface area contributed by atoms with E-state index in [1.807, 2.05) is 12.3 Å². The van der Waals surface area contributed by atoms with E-state index in [9.17, 15) is 0 Å². The van der Waals surface area contributed by atoms with Crippen LogP contribution in [-0.4, -0.2) is 28.0 Å². The molecule has 3 heterocycles. The van der Waals surface area contributed by atoms with E-state index in [0.29, 0.717) is 0 Å². The van der Waals surface area contributed by atoms with Crippen LogP contribution in [-0.2, 0) is 5.41 Å². The molecule has 0 aliphatic carbocycles. The van der Waals surface area contributed by atoms with Crippen LogP contribution in [0.3, 0.4) is 0 Å². The van der Waals surface area contributed by atoms with E-state index >= 15 is 0 Å². The predicted molar refractivity (Wildman–Crippen MR) is 72.6 cm³/mol. The van der Waals surface area contributed by atoms with E-state index in [1.54, 1.807) is 23.7 Å². The maximum absolute atomic E-state index is 4.60. The van der Waals surface area contributed by atoms with Crippen LogP contribution in [0.1, 0.15) is 24.8 Å². The molecule has 1 saturated heterocycles. The highest BCUT2D eigenvalue weighted by molar-refractivity contribution is 7.15. The van der Waals surface area contributed by atoms with Crippen LogP contribution < -0.4 is 5.32 Å². The summed E-state index contributed by atoms with van der Waals surface area (Å²) in [5, 5.41) is 4.61. The average Bonchev–Trinajstić information content (AvgIpc) is 2.91. The molecule has 0 spiro atoms. The summed E-state index contributed by atoms with van der Waals surface area (Å²) in [5.41, 5.74) is 0.211. The SMILES string of the molecule is CC1(c2ncc(-c3ncccn3)s2)CCNCC1. The molecule has 0 saturated carbocycles. The molecular weight excluding hydrogens is 244 g/mol. The molecule has 1 aliphatic heterocycles. The first-order chi connectivity index (χ1) is 8.78. The first kappa shape index (κ1) is 11.7. The Hall–Kier alpha value is -1.33. The molecule has 4 nitrogen and oxygen atoms in total. The summed E-state index contributed by atoms with van der Waals surface area (Å²) >= 11 is 1.73. The summed E-state index contributed by atoms with van der Waals surface area (Å²) in [6.45, 7) is 4.46. The standard InChI is InChI=1S/C13H16N4S/c1-13(3-7-14-8-4-13)12-17-9-10(18-12)11-15-5-2-6-16-11/h2,5-6,9,14H,3-4,7-8H2,1H3. The number of hydrogen-bond acceptors (Lipinski definition) is 5. The Bertz CT molecular complexity index is 517. The van der Waals surface area contributed by atoms with Crippen LogP contribution in [0.5, 0.6) is 0 Å². The number of nitrogens with zero attached hydrogens (tertiary/aromatic N) is 3. The van der Waals surface area contributed by atoms with E-state index in [0.717, 1.165) is 36.6 Å². The summed E-state index contributed by atoms with van der Waals surface area (Å²) < 4.78 is 0. The Morgan fingerprint density at radius 2 is 1.89 bits per heavy atom. The maximum Gasteiger partial charge on any atom is 0.171 e. The normalized spacial score (nSPS) is 18.7. The minimum absolute atomic E-state index is 0.211. The third-order valence-corrected chi connectivity index (χ3v) is 4.81. The highest BCUT2D eigenvalue weighted by Gasteiger charge is 2.31. The van der Waals surface area contributed by atoms with Crippen molar-refractivity contribution in [1.82, 2.24) is 20.3 Å². The molecule has 0 bridgehead atoms. The van der Waals surface area contributed by atoms with Gasteiger partial charge in [0, 0.05) is 24.0 Å². The fourth-order valence-corrected chi connectivity index (χ4v) is 3.34. The highest BCUT2D eigenvalue weighted by Crippen LogP contribution is 2.37. The van der Waals surface area contributed by atoms with Crippen LogP contribution in [0.4, 0.5) is 0 Å². The van der Waals surface area contributed by atoms with Gasteiger partial charge in [-0.15, -0.1) is 11.3 Å². The monoisotopic (exact) mass is 260 g/mol. The number of nitrogens with one attached hydrogen (secondary N) is 1. The van der Waals surface area contributed by atoms with Crippen LogP contribution in [0.25, 0.3) is 10.7 Å². The molecule has 1 N–H and O–H groups in total. The number of thiazole rings is 1. The fourth-order valence-electron chi connectivity index (χ4n) is 2.28. The summed E-state index contributed by atoms with van der Waals surface area (Å²) in [5.74, 6) is 0.777. The predicted octanol–water partition coefficient (Wildman–Crippen LogP) is 2.24. The maximum atomic E-state index is 4.60. The van der Waals surface area contributed by atoms with Gasteiger partial charge in [0.15, 0.2) is 5.82 Å². The van der Waals surface area contributed by atoms with Gasteiger partial charge in [-0.05, 0) is 32.0 Å². The zero-order valence-corrected chi connectivity index (χ0v) is 11.2. The summed E-state index contributed by atoms with van der Waals surface area (Å²) in [6, 6.07) is 1.83. The van der Waals surface area contributed by atoms with E-state index in [-0.39, 0.29) is 5.41 Å². The van der Waals surface area contributed by atoms with E-state index in [4.69, 9.17) is 0 Å². The average molecular weight is 260 g/mol. The van der Waals surface area contributed by atoms with Gasteiger partial charge in [-0.2, -0.15) is 0 Å². The molecule has 0 radical (unpaired) electrons. The smallest absolute Gasteiger partial charge is 0.171 e. The second-order valence-corrected chi connectivity index (χ2v) is 5.94. The second-order valence-electron chi connectivity index (χ2n) is 4.91. The first-order valence-corrected chi connectivity index (χ1v) is 7.04. The van der Waals surface area contributed by atoms with Gasteiger partial charge in [0.25, 0.3) is 0 Å². The van der Waals surface area contributed by atoms with Crippen molar-refractivity contribution in [1.29, 1.82) is 0 Å². The van der Waals surface area contributed by atoms with Crippen molar-refractivity contribution in [3.05, 3.63) is 29.7 Å². The van der Waals surface area contributed by atoms with Crippen molar-refractivity contribution in [2.24, 2.45) is 0 Å². The molecule has 94 valence electrons. The van der Waals surface area contributed by atoms with Gasteiger partial charge in [-0.1, -0.05) is 6.92 Å². The Balaban J connectivity index is 1.89. The Kier molecular flexibility index (Phi) is 3.09. The van der Waals surface area contributed by atoms with Crippen LogP contribution in [0, 0.1) is 0 Å². The fraction of sp³-hybridized carbons (Fsp3) is 0.462. The molecule has 18 heavy (non-hydrogen) atoms. The third kappa shape index (κ3) is 2.15. The molecular formula is C13H16N4S. The van der Waals surface area contributed by atoms with Crippen LogP contribution >= 0.6 is 11.3 Å². The first-order valence-electron chi connectivity index (χ1n) is 6.22. The quantitative estimate of drug-likeness (QED) is 0.899. The van der Waals surface area contributed by atoms with Gasteiger partial charge < -0.3 is 5.32 Å². The minimum Gasteiger partial charge on any atom is -0.317 e. The molecule has 2 aromatic heterocycles. The zero-order valence-electron chi connectivity index (χ0n) is 10.4. The van der Waals surface area contributed by atoms with Gasteiger partial charge >= 0.3 is 0 Å². The largest absolute Gasteiger partial charge is 0.317 e. The van der Waals surface area contributed by atoms with Crippen LogP contribution in [0.2, 0.25) is 0 Å². The van der Waals surface area contributed by atoms with E-state index < -0.39 is 0 Å². The number of rotatable bonds is 2. The van der Waals surface area contributed by atoms with Gasteiger partial charge in [0.05, 0.1) is 9.88 Å². The van der Waals surface area contributed by atoms with Crippen molar-refractivity contribution in [2.75, 3.05) is 13.1 Å². The zero-order chi connectivity index (χ0) is 12.4. The molecule has 5 heteroatoms. The molecule has 1 fully saturated rings. The summed E-state index contributed by atoms with van der Waals surface area (Å²) in [6.07, 6.45) is 7.75. The Morgan fingerprint density at radius 1 is 1.17 bits per heavy atom. The lowest BCUT2D eigenvalue weighted by Gasteiger charge is -2.31. The molecule has 0 unspecified atom stereocenters. The van der Waals surface area contributed by atoms with Gasteiger partial charge in [0.1, 0.15) is 0 Å². The summed E-state index contributed by atoms with van der Waals surface area (Å²) in [4.78, 5) is 14.2. The minimum atomic E-state index is 0.211. The van der Waals surface area contributed by atoms with E-state index in [1.165, 1.54) is 5.01 Å². The van der Waals surface area contributed by atoms with Gasteiger partial charge in [-0.25, -0.2) is 15.0 Å². The number of hydrogen-bond donors (Lipinski definition) is 1. The second kappa shape index (κ2) is 4.74. The molecule has 0 aromatic carbocycles. The van der Waals surface area contributed by atoms with Crippen LogP contribution in [0.15, 0.2) is 24.7 Å². The molecule has 1 aliphatic rings. The van der Waals surface area contributed by atoms with E-state index in [2.05, 4.69) is 27.2 Å². The lowest BCUT2D eigenvalue weighted by atomic mass is 9.82.